The van der Waals surface area contributed by atoms with Crippen molar-refractivity contribution in [2.24, 2.45) is 0 Å². The van der Waals surface area contributed by atoms with E-state index in [2.05, 4.69) is 4.98 Å². The highest BCUT2D eigenvalue weighted by Gasteiger charge is 2.16. The highest BCUT2D eigenvalue weighted by Crippen LogP contribution is 2.31. The van der Waals surface area contributed by atoms with Crippen LogP contribution in [0.2, 0.25) is 10.0 Å². The summed E-state index contributed by atoms with van der Waals surface area (Å²) in [5.41, 5.74) is 3.98. The molecule has 0 saturated carbocycles. The number of hydrogen-bond acceptors (Lipinski definition) is 3. The van der Waals surface area contributed by atoms with Crippen LogP contribution in [0.4, 0.5) is 0 Å². The molecule has 1 N–H and O–H groups in total. The second kappa shape index (κ2) is 7.00. The number of fused-ring (bicyclic) bond motifs is 1. The fourth-order valence-electron chi connectivity index (χ4n) is 3.05. The minimum atomic E-state index is -0.953. The van der Waals surface area contributed by atoms with Gasteiger partial charge in [0.05, 0.1) is 15.6 Å². The number of carboxylic acid groups (broad SMARTS) is 1. The van der Waals surface area contributed by atoms with Crippen LogP contribution in [0.15, 0.2) is 48.0 Å². The zero-order chi connectivity index (χ0) is 19.1. The van der Waals surface area contributed by atoms with Crippen LogP contribution in [0.5, 0.6) is 0 Å². The molecule has 4 rings (SSSR count). The molecule has 0 unspecified atom stereocenters. The maximum absolute atomic E-state index is 11.7. The van der Waals surface area contributed by atoms with Crippen LogP contribution >= 0.6 is 34.5 Å². The standard InChI is InChI=1S/C20H14Cl2N2O2S/c1-11-10-27-19(23-11)13-3-4-14-15(20(25)26)9-24(18(14)7-13)8-12-2-5-16(21)17(22)6-12/h2-7,9-10H,8H2,1H3,(H,25,26). The van der Waals surface area contributed by atoms with E-state index in [0.29, 0.717) is 22.0 Å². The Kier molecular flexibility index (Phi) is 4.68. The molecule has 27 heavy (non-hydrogen) atoms. The van der Waals surface area contributed by atoms with Gasteiger partial charge in [0.15, 0.2) is 0 Å². The molecule has 7 heteroatoms. The zero-order valence-corrected chi connectivity index (χ0v) is 16.6. The van der Waals surface area contributed by atoms with Gasteiger partial charge in [-0.25, -0.2) is 9.78 Å². The summed E-state index contributed by atoms with van der Waals surface area (Å²) in [7, 11) is 0. The van der Waals surface area contributed by atoms with Crippen molar-refractivity contribution in [2.75, 3.05) is 0 Å². The molecule has 136 valence electrons. The Bertz CT molecular complexity index is 1180. The molecule has 0 bridgehead atoms. The van der Waals surface area contributed by atoms with Gasteiger partial charge in [-0.15, -0.1) is 11.3 Å². The highest BCUT2D eigenvalue weighted by molar-refractivity contribution is 7.13. The molecule has 2 heterocycles. The Hall–Kier alpha value is -2.34. The van der Waals surface area contributed by atoms with Crippen LogP contribution < -0.4 is 0 Å². The first-order valence-corrected chi connectivity index (χ1v) is 9.78. The van der Waals surface area contributed by atoms with Gasteiger partial charge in [0.2, 0.25) is 0 Å². The van der Waals surface area contributed by atoms with Crippen LogP contribution in [0, 0.1) is 6.92 Å². The number of aromatic nitrogens is 2. The lowest BCUT2D eigenvalue weighted by Gasteiger charge is -2.08. The van der Waals surface area contributed by atoms with E-state index in [1.807, 2.05) is 41.1 Å². The van der Waals surface area contributed by atoms with Crippen LogP contribution in [-0.2, 0) is 6.54 Å². The van der Waals surface area contributed by atoms with Gasteiger partial charge in [-0.1, -0.05) is 41.4 Å². The van der Waals surface area contributed by atoms with Crippen LogP contribution in [0.3, 0.4) is 0 Å². The van der Waals surface area contributed by atoms with Crippen molar-refractivity contribution < 1.29 is 9.90 Å². The average molecular weight is 417 g/mol. The Morgan fingerprint density at radius 1 is 1.19 bits per heavy atom. The van der Waals surface area contributed by atoms with Crippen molar-refractivity contribution in [3.8, 4) is 10.6 Å². The predicted octanol–water partition coefficient (Wildman–Crippen LogP) is 6.13. The Morgan fingerprint density at radius 3 is 2.67 bits per heavy atom. The number of halogens is 2. The van der Waals surface area contributed by atoms with Gasteiger partial charge in [0.1, 0.15) is 5.01 Å². The largest absolute Gasteiger partial charge is 0.478 e. The number of benzene rings is 2. The quantitative estimate of drug-likeness (QED) is 0.435. The van der Waals surface area contributed by atoms with E-state index in [4.69, 9.17) is 23.2 Å². The van der Waals surface area contributed by atoms with Crippen molar-refractivity contribution in [3.05, 3.63) is 74.8 Å². The minimum absolute atomic E-state index is 0.270. The third-order valence-corrected chi connectivity index (χ3v) is 6.06. The molecule has 2 aromatic heterocycles. The van der Waals surface area contributed by atoms with Gasteiger partial charge in [0.25, 0.3) is 0 Å². The van der Waals surface area contributed by atoms with Gasteiger partial charge in [-0.2, -0.15) is 0 Å². The topological polar surface area (TPSA) is 55.1 Å². The molecule has 4 nitrogen and oxygen atoms in total. The monoisotopic (exact) mass is 416 g/mol. The molecule has 4 aromatic rings. The molecule has 0 aliphatic rings. The third kappa shape index (κ3) is 3.46. The summed E-state index contributed by atoms with van der Waals surface area (Å²) in [6.07, 6.45) is 1.66. The summed E-state index contributed by atoms with van der Waals surface area (Å²) >= 11 is 13.7. The fourth-order valence-corrected chi connectivity index (χ4v) is 4.16. The van der Waals surface area contributed by atoms with E-state index in [1.165, 1.54) is 0 Å². The number of nitrogens with zero attached hydrogens (tertiary/aromatic N) is 2. The maximum atomic E-state index is 11.7. The molecule has 0 aliphatic heterocycles. The lowest BCUT2D eigenvalue weighted by molar-refractivity contribution is 0.0699. The van der Waals surface area contributed by atoms with E-state index in [-0.39, 0.29) is 5.56 Å². The van der Waals surface area contributed by atoms with Crippen molar-refractivity contribution in [1.82, 2.24) is 9.55 Å². The average Bonchev–Trinajstić information content (AvgIpc) is 3.22. The fraction of sp³-hybridized carbons (Fsp3) is 0.100. The summed E-state index contributed by atoms with van der Waals surface area (Å²) in [4.78, 5) is 16.2. The summed E-state index contributed by atoms with van der Waals surface area (Å²) < 4.78 is 1.92. The van der Waals surface area contributed by atoms with Gasteiger partial charge in [-0.3, -0.25) is 0 Å². The first-order chi connectivity index (χ1) is 12.9. The Labute approximate surface area is 169 Å². The molecular weight excluding hydrogens is 403 g/mol. The summed E-state index contributed by atoms with van der Waals surface area (Å²) in [6, 6.07) is 11.2. The Morgan fingerprint density at radius 2 is 2.00 bits per heavy atom. The molecule has 2 aromatic carbocycles. The molecule has 0 spiro atoms. The maximum Gasteiger partial charge on any atom is 0.337 e. The number of rotatable bonds is 4. The number of aromatic carboxylic acids is 1. The molecule has 0 fully saturated rings. The molecule has 0 atom stereocenters. The normalized spacial score (nSPS) is 11.2. The number of aryl methyl sites for hydroxylation is 1. The van der Waals surface area contributed by atoms with Gasteiger partial charge < -0.3 is 9.67 Å². The number of hydrogen-bond donors (Lipinski definition) is 1. The second-order valence-electron chi connectivity index (χ2n) is 6.25. The zero-order valence-electron chi connectivity index (χ0n) is 14.2. The number of thiazole rings is 1. The Balaban J connectivity index is 1.84. The minimum Gasteiger partial charge on any atom is -0.478 e. The number of carboxylic acids is 1. The van der Waals surface area contributed by atoms with Gasteiger partial charge in [-0.05, 0) is 30.7 Å². The first kappa shape index (κ1) is 18.0. The van der Waals surface area contributed by atoms with Crippen LogP contribution in [0.25, 0.3) is 21.5 Å². The van der Waals surface area contributed by atoms with Crippen molar-refractivity contribution in [2.45, 2.75) is 13.5 Å². The van der Waals surface area contributed by atoms with E-state index in [1.54, 1.807) is 29.7 Å². The molecule has 0 amide bonds. The van der Waals surface area contributed by atoms with Gasteiger partial charge in [0, 0.05) is 40.3 Å². The molecule has 0 radical (unpaired) electrons. The van der Waals surface area contributed by atoms with E-state index in [0.717, 1.165) is 27.3 Å². The first-order valence-electron chi connectivity index (χ1n) is 8.15. The highest BCUT2D eigenvalue weighted by atomic mass is 35.5. The second-order valence-corrected chi connectivity index (χ2v) is 7.92. The van der Waals surface area contributed by atoms with Crippen molar-refractivity contribution in [1.29, 1.82) is 0 Å². The lowest BCUT2D eigenvalue weighted by Crippen LogP contribution is -1.99. The van der Waals surface area contributed by atoms with Crippen molar-refractivity contribution >= 4 is 51.4 Å². The predicted molar refractivity (Wildman–Crippen MR) is 110 cm³/mol. The third-order valence-electron chi connectivity index (χ3n) is 4.32. The van der Waals surface area contributed by atoms with E-state index >= 15 is 0 Å². The van der Waals surface area contributed by atoms with Crippen molar-refractivity contribution in [3.63, 3.8) is 0 Å². The summed E-state index contributed by atoms with van der Waals surface area (Å²) in [5.74, 6) is -0.953. The van der Waals surface area contributed by atoms with Crippen LogP contribution in [-0.4, -0.2) is 20.6 Å². The molecular formula is C20H14Cl2N2O2S. The summed E-state index contributed by atoms with van der Waals surface area (Å²) in [6.45, 7) is 2.44. The van der Waals surface area contributed by atoms with Gasteiger partial charge >= 0.3 is 5.97 Å². The molecule has 0 aliphatic carbocycles. The lowest BCUT2D eigenvalue weighted by atomic mass is 10.1. The van der Waals surface area contributed by atoms with E-state index in [9.17, 15) is 9.90 Å². The summed E-state index contributed by atoms with van der Waals surface area (Å²) in [5, 5.41) is 14.1. The van der Waals surface area contributed by atoms with Crippen LogP contribution in [0.1, 0.15) is 21.6 Å². The van der Waals surface area contributed by atoms with E-state index < -0.39 is 5.97 Å². The SMILES string of the molecule is Cc1csc(-c2ccc3c(C(=O)O)cn(Cc4ccc(Cl)c(Cl)c4)c3c2)n1. The smallest absolute Gasteiger partial charge is 0.337 e. The number of carbonyl (C=O) groups is 1. The molecule has 0 saturated heterocycles.